The van der Waals surface area contributed by atoms with Crippen LogP contribution < -0.4 is 4.74 Å². The van der Waals surface area contributed by atoms with Crippen LogP contribution in [-0.4, -0.2) is 31.9 Å². The van der Waals surface area contributed by atoms with Crippen molar-refractivity contribution in [3.8, 4) is 5.75 Å². The van der Waals surface area contributed by atoms with E-state index in [1.54, 1.807) is 0 Å². The second kappa shape index (κ2) is 9.68. The summed E-state index contributed by atoms with van der Waals surface area (Å²) in [5.41, 5.74) is 2.38. The number of nitrogens with zero attached hydrogens (tertiary/aromatic N) is 2. The van der Waals surface area contributed by atoms with Crippen LogP contribution in [-0.2, 0) is 16.0 Å². The molecule has 1 aromatic carbocycles. The Morgan fingerprint density at radius 3 is 2.45 bits per heavy atom. The second-order valence-electron chi connectivity index (χ2n) is 4.34. The highest BCUT2D eigenvalue weighted by molar-refractivity contribution is 5.35. The number of aryl methyl sites for hydroxylation is 2. The molecule has 0 aliphatic rings. The molecule has 0 radical (unpaired) electrons. The molecule has 0 saturated heterocycles. The summed E-state index contributed by atoms with van der Waals surface area (Å²) in [5.74, 6) is 0.812. The van der Waals surface area contributed by atoms with Crippen molar-refractivity contribution in [3.05, 3.63) is 29.3 Å². The van der Waals surface area contributed by atoms with Crippen LogP contribution in [0.25, 0.3) is 0 Å². The van der Waals surface area contributed by atoms with Crippen molar-refractivity contribution in [1.29, 1.82) is 0 Å². The molecule has 106 valence electrons. The monoisotopic (exact) mass is 274 g/mol. The van der Waals surface area contributed by atoms with Gasteiger partial charge in [0.2, 0.25) is 12.2 Å². The van der Waals surface area contributed by atoms with Crippen molar-refractivity contribution in [2.45, 2.75) is 26.2 Å². The lowest BCUT2D eigenvalue weighted by Gasteiger charge is -2.09. The first-order valence-corrected chi connectivity index (χ1v) is 6.57. The number of ether oxygens (including phenoxy) is 1. The average molecular weight is 274 g/mol. The molecule has 0 N–H and O–H groups in total. The Hall–Kier alpha value is -2.22. The van der Waals surface area contributed by atoms with Gasteiger partial charge in [0, 0.05) is 6.42 Å². The van der Waals surface area contributed by atoms with Crippen molar-refractivity contribution in [2.24, 2.45) is 9.98 Å². The Kier molecular flexibility index (Phi) is 7.66. The van der Waals surface area contributed by atoms with E-state index >= 15 is 0 Å². The molecule has 0 spiro atoms. The van der Waals surface area contributed by atoms with E-state index in [0.29, 0.717) is 26.1 Å². The second-order valence-corrected chi connectivity index (χ2v) is 4.34. The van der Waals surface area contributed by atoms with E-state index in [9.17, 15) is 9.59 Å². The van der Waals surface area contributed by atoms with Crippen molar-refractivity contribution in [2.75, 3.05) is 19.7 Å². The molecule has 0 fully saturated rings. The highest BCUT2D eigenvalue weighted by Gasteiger charge is 2.01. The van der Waals surface area contributed by atoms with E-state index in [1.165, 1.54) is 17.7 Å². The maximum Gasteiger partial charge on any atom is 0.234 e. The van der Waals surface area contributed by atoms with Crippen LogP contribution in [0.4, 0.5) is 0 Å². The first-order valence-electron chi connectivity index (χ1n) is 6.57. The van der Waals surface area contributed by atoms with Gasteiger partial charge in [0.25, 0.3) is 0 Å². The molecule has 20 heavy (non-hydrogen) atoms. The number of aliphatic imine (C=N–C) groups is 2. The lowest BCUT2D eigenvalue weighted by Crippen LogP contribution is -2.00. The third-order valence-corrected chi connectivity index (χ3v) is 2.84. The van der Waals surface area contributed by atoms with Gasteiger partial charge in [-0.15, -0.1) is 0 Å². The van der Waals surface area contributed by atoms with Gasteiger partial charge in [-0.3, -0.25) is 0 Å². The molecule has 0 aromatic heterocycles. The first kappa shape index (κ1) is 15.8. The van der Waals surface area contributed by atoms with Gasteiger partial charge in [0.15, 0.2) is 0 Å². The minimum atomic E-state index is 0.442. The predicted octanol–water partition coefficient (Wildman–Crippen LogP) is 2.37. The third kappa shape index (κ3) is 6.10. The van der Waals surface area contributed by atoms with Crippen molar-refractivity contribution < 1.29 is 14.3 Å². The SMILES string of the molecule is Cc1cc(OCCCN=C=O)ccc1CCCN=C=O. The Morgan fingerprint density at radius 2 is 1.80 bits per heavy atom. The summed E-state index contributed by atoms with van der Waals surface area (Å²) < 4.78 is 5.57. The van der Waals surface area contributed by atoms with Crippen LogP contribution in [0.2, 0.25) is 0 Å². The van der Waals surface area contributed by atoms with Gasteiger partial charge in [-0.05, 0) is 43.0 Å². The number of benzene rings is 1. The summed E-state index contributed by atoms with van der Waals surface area (Å²) in [7, 11) is 0. The molecular formula is C15H18N2O3. The molecular weight excluding hydrogens is 256 g/mol. The normalized spacial score (nSPS) is 9.45. The van der Waals surface area contributed by atoms with Gasteiger partial charge in [-0.25, -0.2) is 19.6 Å². The summed E-state index contributed by atoms with van der Waals surface area (Å²) in [5, 5.41) is 0. The predicted molar refractivity (Wildman–Crippen MR) is 75.6 cm³/mol. The van der Waals surface area contributed by atoms with Gasteiger partial charge in [0.1, 0.15) is 5.75 Å². The zero-order valence-corrected chi connectivity index (χ0v) is 11.6. The van der Waals surface area contributed by atoms with Crippen LogP contribution in [0.5, 0.6) is 5.75 Å². The fourth-order valence-electron chi connectivity index (χ4n) is 1.81. The highest BCUT2D eigenvalue weighted by atomic mass is 16.5. The number of hydrogen-bond donors (Lipinski definition) is 0. The van der Waals surface area contributed by atoms with E-state index in [4.69, 9.17) is 4.74 Å². The lowest BCUT2D eigenvalue weighted by molar-refractivity contribution is 0.313. The molecule has 5 heteroatoms. The van der Waals surface area contributed by atoms with E-state index < -0.39 is 0 Å². The molecule has 1 rings (SSSR count). The third-order valence-electron chi connectivity index (χ3n) is 2.84. The molecule has 0 saturated carbocycles. The Balaban J connectivity index is 2.41. The maximum absolute atomic E-state index is 9.96. The quantitative estimate of drug-likeness (QED) is 0.394. The molecule has 0 unspecified atom stereocenters. The summed E-state index contributed by atoms with van der Waals surface area (Å²) in [4.78, 5) is 26.8. The molecule has 1 aromatic rings. The summed E-state index contributed by atoms with van der Waals surface area (Å²) in [6.45, 7) is 3.51. The number of carbonyl (C=O) groups excluding carboxylic acids is 2. The standard InChI is InChI=1S/C15H18N2O3/c1-13-10-15(20-9-3-8-17-12-19)6-5-14(13)4-2-7-16-11-18/h5-6,10H,2-4,7-9H2,1H3. The Labute approximate surface area is 118 Å². The summed E-state index contributed by atoms with van der Waals surface area (Å²) in [6, 6.07) is 5.94. The highest BCUT2D eigenvalue weighted by Crippen LogP contribution is 2.18. The van der Waals surface area contributed by atoms with E-state index in [0.717, 1.165) is 24.2 Å². The lowest BCUT2D eigenvalue weighted by atomic mass is 10.0. The van der Waals surface area contributed by atoms with E-state index in [1.807, 2.05) is 25.1 Å². The summed E-state index contributed by atoms with van der Waals surface area (Å²) >= 11 is 0. The number of hydrogen-bond acceptors (Lipinski definition) is 5. The molecule has 0 heterocycles. The van der Waals surface area contributed by atoms with Gasteiger partial charge in [-0.1, -0.05) is 6.07 Å². The molecule has 0 amide bonds. The number of isocyanates is 2. The zero-order valence-electron chi connectivity index (χ0n) is 11.6. The first-order chi connectivity index (χ1) is 9.77. The molecule has 0 aliphatic carbocycles. The molecule has 5 nitrogen and oxygen atoms in total. The van der Waals surface area contributed by atoms with Crippen LogP contribution in [0.3, 0.4) is 0 Å². The number of rotatable bonds is 9. The average Bonchev–Trinajstić information content (AvgIpc) is 2.45. The van der Waals surface area contributed by atoms with Crippen LogP contribution >= 0.6 is 0 Å². The van der Waals surface area contributed by atoms with E-state index in [2.05, 4.69) is 9.98 Å². The molecule has 0 aliphatic heterocycles. The maximum atomic E-state index is 9.96. The fraction of sp³-hybridized carbons (Fsp3) is 0.467. The summed E-state index contributed by atoms with van der Waals surface area (Å²) in [6.07, 6.45) is 5.45. The van der Waals surface area contributed by atoms with Gasteiger partial charge in [-0.2, -0.15) is 0 Å². The largest absolute Gasteiger partial charge is 0.494 e. The zero-order chi connectivity index (χ0) is 14.6. The van der Waals surface area contributed by atoms with Gasteiger partial charge >= 0.3 is 0 Å². The molecule has 0 bridgehead atoms. The van der Waals surface area contributed by atoms with Crippen LogP contribution in [0, 0.1) is 6.92 Å². The van der Waals surface area contributed by atoms with E-state index in [-0.39, 0.29) is 0 Å². The minimum absolute atomic E-state index is 0.442. The Morgan fingerprint density at radius 1 is 1.10 bits per heavy atom. The van der Waals surface area contributed by atoms with Crippen molar-refractivity contribution in [1.82, 2.24) is 0 Å². The Bertz CT molecular complexity index is 516. The van der Waals surface area contributed by atoms with Gasteiger partial charge in [0.05, 0.1) is 19.7 Å². The fourth-order valence-corrected chi connectivity index (χ4v) is 1.81. The minimum Gasteiger partial charge on any atom is -0.494 e. The van der Waals surface area contributed by atoms with Crippen LogP contribution in [0.15, 0.2) is 28.2 Å². The topological polar surface area (TPSA) is 68.1 Å². The van der Waals surface area contributed by atoms with Gasteiger partial charge < -0.3 is 4.74 Å². The smallest absolute Gasteiger partial charge is 0.234 e. The van der Waals surface area contributed by atoms with Crippen molar-refractivity contribution in [3.63, 3.8) is 0 Å². The van der Waals surface area contributed by atoms with Crippen LogP contribution in [0.1, 0.15) is 24.0 Å². The molecule has 0 atom stereocenters. The van der Waals surface area contributed by atoms with Crippen molar-refractivity contribution >= 4 is 12.2 Å².